The average Bonchev–Trinajstić information content (AvgIpc) is 2.29. The first-order chi connectivity index (χ1) is 7.50. The molecule has 0 amide bonds. The van der Waals surface area contributed by atoms with Crippen molar-refractivity contribution in [3.63, 3.8) is 0 Å². The van der Waals surface area contributed by atoms with Gasteiger partial charge in [0.2, 0.25) is 0 Å². The molecule has 0 fully saturated rings. The Labute approximate surface area is 109 Å². The third kappa shape index (κ3) is 3.68. The lowest BCUT2D eigenvalue weighted by atomic mass is 9.87. The Morgan fingerprint density at radius 2 is 1.56 bits per heavy atom. The van der Waals surface area contributed by atoms with Gasteiger partial charge in [0.1, 0.15) is 0 Å². The monoisotopic (exact) mass is 258 g/mol. The van der Waals surface area contributed by atoms with Crippen molar-refractivity contribution in [2.45, 2.75) is 33.1 Å². The van der Waals surface area contributed by atoms with E-state index in [-0.39, 0.29) is 5.41 Å². The van der Waals surface area contributed by atoms with Crippen LogP contribution in [0, 0.1) is 5.41 Å². The zero-order chi connectivity index (χ0) is 12.2. The smallest absolute Gasteiger partial charge is 0.0291 e. The van der Waals surface area contributed by atoms with Gasteiger partial charge in [-0.15, -0.1) is 23.2 Å². The molecule has 1 rings (SSSR count). The number of hydrogen-bond acceptors (Lipinski definition) is 0. The quantitative estimate of drug-likeness (QED) is 0.664. The van der Waals surface area contributed by atoms with Crippen LogP contribution in [0.4, 0.5) is 0 Å². The van der Waals surface area contributed by atoms with Gasteiger partial charge in [-0.25, -0.2) is 0 Å². The van der Waals surface area contributed by atoms with Crippen LogP contribution >= 0.6 is 23.2 Å². The summed E-state index contributed by atoms with van der Waals surface area (Å²) in [5, 5.41) is 0. The van der Waals surface area contributed by atoms with E-state index in [0.29, 0.717) is 17.7 Å². The van der Waals surface area contributed by atoms with Crippen LogP contribution in [-0.4, -0.2) is 11.8 Å². The van der Waals surface area contributed by atoms with Gasteiger partial charge < -0.3 is 0 Å². The van der Waals surface area contributed by atoms with E-state index < -0.39 is 0 Å². The summed E-state index contributed by atoms with van der Waals surface area (Å²) in [4.78, 5) is 0. The van der Waals surface area contributed by atoms with E-state index in [2.05, 4.69) is 45.0 Å². The second-order valence-electron chi connectivity index (χ2n) is 5.15. The lowest BCUT2D eigenvalue weighted by Gasteiger charge is -2.24. The van der Waals surface area contributed by atoms with Gasteiger partial charge in [-0.3, -0.25) is 0 Å². The summed E-state index contributed by atoms with van der Waals surface area (Å²) >= 11 is 11.9. The van der Waals surface area contributed by atoms with Gasteiger partial charge >= 0.3 is 0 Å². The molecule has 0 spiro atoms. The molecule has 0 atom stereocenters. The summed E-state index contributed by atoms with van der Waals surface area (Å²) < 4.78 is 0. The molecule has 1 aromatic carbocycles. The van der Waals surface area contributed by atoms with Gasteiger partial charge in [0.15, 0.2) is 0 Å². The van der Waals surface area contributed by atoms with Gasteiger partial charge in [0, 0.05) is 11.8 Å². The van der Waals surface area contributed by atoms with E-state index in [1.54, 1.807) is 0 Å². The van der Waals surface area contributed by atoms with Crippen molar-refractivity contribution in [1.29, 1.82) is 0 Å². The third-order valence-corrected chi connectivity index (χ3v) is 4.21. The molecule has 0 heterocycles. The van der Waals surface area contributed by atoms with Crippen molar-refractivity contribution in [3.05, 3.63) is 35.4 Å². The van der Waals surface area contributed by atoms with Crippen molar-refractivity contribution < 1.29 is 0 Å². The fourth-order valence-corrected chi connectivity index (χ4v) is 2.12. The van der Waals surface area contributed by atoms with Gasteiger partial charge in [0.05, 0.1) is 0 Å². The highest BCUT2D eigenvalue weighted by molar-refractivity contribution is 6.21. The van der Waals surface area contributed by atoms with E-state index in [1.165, 1.54) is 11.1 Å². The van der Waals surface area contributed by atoms with Crippen molar-refractivity contribution in [2.75, 3.05) is 11.8 Å². The largest absolute Gasteiger partial charge is 0.126 e. The summed E-state index contributed by atoms with van der Waals surface area (Å²) in [6.45, 7) is 6.54. The third-order valence-electron chi connectivity index (χ3n) is 2.92. The standard InChI is InChI=1S/C14H20Cl2/c1-11(2)13-6-4-12(5-7-13)8-14(3,9-15)10-16/h4-7,11H,8-10H2,1-3H3. The van der Waals surface area contributed by atoms with Crippen LogP contribution in [0.2, 0.25) is 0 Å². The minimum Gasteiger partial charge on any atom is -0.126 e. The van der Waals surface area contributed by atoms with Crippen molar-refractivity contribution in [3.8, 4) is 0 Å². The molecule has 0 nitrogen and oxygen atoms in total. The fraction of sp³-hybridized carbons (Fsp3) is 0.571. The lowest BCUT2D eigenvalue weighted by molar-refractivity contribution is 0.425. The van der Waals surface area contributed by atoms with Crippen molar-refractivity contribution >= 4 is 23.2 Å². The van der Waals surface area contributed by atoms with Crippen LogP contribution in [0.3, 0.4) is 0 Å². The number of benzene rings is 1. The number of rotatable bonds is 5. The molecule has 0 radical (unpaired) electrons. The van der Waals surface area contributed by atoms with Crippen molar-refractivity contribution in [2.24, 2.45) is 5.41 Å². The second-order valence-corrected chi connectivity index (χ2v) is 5.69. The molecule has 90 valence electrons. The SMILES string of the molecule is CC(C)c1ccc(CC(C)(CCl)CCl)cc1. The Morgan fingerprint density at radius 3 is 1.94 bits per heavy atom. The summed E-state index contributed by atoms with van der Waals surface area (Å²) in [6, 6.07) is 8.77. The molecule has 1 aromatic rings. The Kier molecular flexibility index (Phi) is 5.14. The number of alkyl halides is 2. The van der Waals surface area contributed by atoms with Crippen LogP contribution < -0.4 is 0 Å². The molecule has 0 unspecified atom stereocenters. The molecule has 0 N–H and O–H groups in total. The first kappa shape index (κ1) is 13.9. The zero-order valence-corrected chi connectivity index (χ0v) is 11.8. The molecular weight excluding hydrogens is 239 g/mol. The molecule has 0 aliphatic rings. The van der Waals surface area contributed by atoms with Gasteiger partial charge in [-0.2, -0.15) is 0 Å². The molecule has 0 bridgehead atoms. The van der Waals surface area contributed by atoms with Crippen molar-refractivity contribution in [1.82, 2.24) is 0 Å². The molecular formula is C14H20Cl2. The molecule has 16 heavy (non-hydrogen) atoms. The average molecular weight is 259 g/mol. The van der Waals surface area contributed by atoms with E-state index in [4.69, 9.17) is 23.2 Å². The molecule has 0 aliphatic heterocycles. The first-order valence-electron chi connectivity index (χ1n) is 5.71. The molecule has 0 aromatic heterocycles. The van der Waals surface area contributed by atoms with Crippen LogP contribution in [0.25, 0.3) is 0 Å². The maximum Gasteiger partial charge on any atom is 0.0291 e. The predicted octanol–water partition coefficient (Wildman–Crippen LogP) is 4.84. The molecule has 0 aliphatic carbocycles. The van der Waals surface area contributed by atoms with Crippen LogP contribution in [0.15, 0.2) is 24.3 Å². The Hall–Kier alpha value is -0.200. The molecule has 2 heteroatoms. The fourth-order valence-electron chi connectivity index (χ4n) is 1.64. The summed E-state index contributed by atoms with van der Waals surface area (Å²) in [6.07, 6.45) is 0.943. The van der Waals surface area contributed by atoms with E-state index in [0.717, 1.165) is 6.42 Å². The highest BCUT2D eigenvalue weighted by Gasteiger charge is 2.22. The zero-order valence-electron chi connectivity index (χ0n) is 10.3. The summed E-state index contributed by atoms with van der Waals surface area (Å²) in [7, 11) is 0. The minimum atomic E-state index is 0.00244. The van der Waals surface area contributed by atoms with Gasteiger partial charge in [-0.05, 0) is 28.9 Å². The van der Waals surface area contributed by atoms with E-state index >= 15 is 0 Å². The summed E-state index contributed by atoms with van der Waals surface area (Å²) in [5.74, 6) is 1.78. The Bertz CT molecular complexity index is 310. The maximum absolute atomic E-state index is 5.96. The number of hydrogen-bond donors (Lipinski definition) is 0. The van der Waals surface area contributed by atoms with Crippen LogP contribution in [0.1, 0.15) is 37.8 Å². The topological polar surface area (TPSA) is 0 Å². The summed E-state index contributed by atoms with van der Waals surface area (Å²) in [5.41, 5.74) is 2.69. The highest BCUT2D eigenvalue weighted by atomic mass is 35.5. The first-order valence-corrected chi connectivity index (χ1v) is 6.78. The normalized spacial score (nSPS) is 12.1. The number of halogens is 2. The van der Waals surface area contributed by atoms with Gasteiger partial charge in [-0.1, -0.05) is 45.0 Å². The molecule has 0 saturated carbocycles. The predicted molar refractivity (Wildman–Crippen MR) is 73.8 cm³/mol. The van der Waals surface area contributed by atoms with Gasteiger partial charge in [0.25, 0.3) is 0 Å². The molecule has 0 saturated heterocycles. The Balaban J connectivity index is 2.75. The lowest BCUT2D eigenvalue weighted by Crippen LogP contribution is -2.23. The second kappa shape index (κ2) is 5.93. The Morgan fingerprint density at radius 1 is 1.06 bits per heavy atom. The van der Waals surface area contributed by atoms with E-state index in [1.807, 2.05) is 0 Å². The highest BCUT2D eigenvalue weighted by Crippen LogP contribution is 2.26. The van der Waals surface area contributed by atoms with Crippen LogP contribution in [0.5, 0.6) is 0 Å². The van der Waals surface area contributed by atoms with E-state index in [9.17, 15) is 0 Å². The minimum absolute atomic E-state index is 0.00244. The maximum atomic E-state index is 5.96. The van der Waals surface area contributed by atoms with Crippen LogP contribution in [-0.2, 0) is 6.42 Å².